The van der Waals surface area contributed by atoms with Crippen molar-refractivity contribution in [1.82, 2.24) is 10.2 Å². The number of ether oxygens (including phenoxy) is 1. The normalized spacial score (nSPS) is 15.6. The average molecular weight is 383 g/mol. The Morgan fingerprint density at radius 1 is 0.960 bits per heavy atom. The second-order valence-electron chi connectivity index (χ2n) is 5.96. The first-order valence-corrected chi connectivity index (χ1v) is 8.59. The summed E-state index contributed by atoms with van der Waals surface area (Å²) in [5.41, 5.74) is 2.68. The number of nitrogens with zero attached hydrogens (tertiary/aromatic N) is 1. The number of para-hydroxylation sites is 1. The molecule has 1 atom stereocenters. The molecule has 1 unspecified atom stereocenters. The maximum atomic E-state index is 5.83. The van der Waals surface area contributed by atoms with Crippen LogP contribution in [-0.2, 0) is 6.42 Å². The molecule has 0 aromatic heterocycles. The van der Waals surface area contributed by atoms with Crippen LogP contribution < -0.4 is 10.1 Å². The Hall–Kier alpha value is -1.26. The third kappa shape index (κ3) is 5.89. The Bertz CT molecular complexity index is 604. The van der Waals surface area contributed by atoms with Crippen LogP contribution in [0.3, 0.4) is 0 Å². The molecule has 0 amide bonds. The fourth-order valence-corrected chi connectivity index (χ4v) is 3.30. The molecule has 1 fully saturated rings. The SMILES string of the molecule is CCOc1ccccc1CC(c1ccccc1)N1CCNCC1.Cl.Cl. The first-order valence-electron chi connectivity index (χ1n) is 8.59. The van der Waals surface area contributed by atoms with Crippen molar-refractivity contribution >= 4 is 24.8 Å². The number of hydrogen-bond donors (Lipinski definition) is 1. The maximum absolute atomic E-state index is 5.83. The van der Waals surface area contributed by atoms with Crippen molar-refractivity contribution in [3.63, 3.8) is 0 Å². The van der Waals surface area contributed by atoms with E-state index in [4.69, 9.17) is 4.74 Å². The third-order valence-electron chi connectivity index (χ3n) is 4.46. The highest BCUT2D eigenvalue weighted by Gasteiger charge is 2.23. The minimum absolute atomic E-state index is 0. The van der Waals surface area contributed by atoms with Crippen molar-refractivity contribution in [3.8, 4) is 5.75 Å². The van der Waals surface area contributed by atoms with Gasteiger partial charge in [-0.1, -0.05) is 48.5 Å². The fraction of sp³-hybridized carbons (Fsp3) is 0.400. The summed E-state index contributed by atoms with van der Waals surface area (Å²) >= 11 is 0. The molecule has 5 heteroatoms. The van der Waals surface area contributed by atoms with E-state index in [0.29, 0.717) is 12.6 Å². The van der Waals surface area contributed by atoms with Crippen LogP contribution in [0, 0.1) is 0 Å². The molecule has 0 radical (unpaired) electrons. The number of rotatable bonds is 6. The molecule has 1 N–H and O–H groups in total. The van der Waals surface area contributed by atoms with E-state index in [9.17, 15) is 0 Å². The molecule has 0 spiro atoms. The summed E-state index contributed by atoms with van der Waals surface area (Å²) in [6, 6.07) is 19.7. The second-order valence-corrected chi connectivity index (χ2v) is 5.96. The van der Waals surface area contributed by atoms with Gasteiger partial charge in [0.1, 0.15) is 5.75 Å². The Morgan fingerprint density at radius 2 is 1.60 bits per heavy atom. The maximum Gasteiger partial charge on any atom is 0.122 e. The number of halogens is 2. The number of benzene rings is 2. The summed E-state index contributed by atoms with van der Waals surface area (Å²) < 4.78 is 5.83. The molecule has 3 rings (SSSR count). The molecule has 1 saturated heterocycles. The number of piperazine rings is 1. The second kappa shape index (κ2) is 11.4. The fourth-order valence-electron chi connectivity index (χ4n) is 3.30. The minimum atomic E-state index is 0. The van der Waals surface area contributed by atoms with Crippen molar-refractivity contribution in [3.05, 3.63) is 65.7 Å². The van der Waals surface area contributed by atoms with Crippen molar-refractivity contribution < 1.29 is 4.74 Å². The van der Waals surface area contributed by atoms with E-state index >= 15 is 0 Å². The van der Waals surface area contributed by atoms with E-state index in [2.05, 4.69) is 64.8 Å². The summed E-state index contributed by atoms with van der Waals surface area (Å²) in [5.74, 6) is 1.02. The molecule has 0 aliphatic carbocycles. The van der Waals surface area contributed by atoms with Crippen LogP contribution in [0.4, 0.5) is 0 Å². The largest absolute Gasteiger partial charge is 0.494 e. The van der Waals surface area contributed by atoms with E-state index in [1.165, 1.54) is 11.1 Å². The zero-order chi connectivity index (χ0) is 15.9. The summed E-state index contributed by atoms with van der Waals surface area (Å²) in [7, 11) is 0. The van der Waals surface area contributed by atoms with Crippen molar-refractivity contribution in [2.24, 2.45) is 0 Å². The van der Waals surface area contributed by atoms with Gasteiger partial charge in [-0.2, -0.15) is 0 Å². The summed E-state index contributed by atoms with van der Waals surface area (Å²) in [4.78, 5) is 2.59. The molecule has 25 heavy (non-hydrogen) atoms. The Kier molecular flexibility index (Phi) is 9.91. The highest BCUT2D eigenvalue weighted by atomic mass is 35.5. The molecule has 2 aromatic rings. The zero-order valence-electron chi connectivity index (χ0n) is 14.7. The van der Waals surface area contributed by atoms with Gasteiger partial charge < -0.3 is 10.1 Å². The van der Waals surface area contributed by atoms with Crippen LogP contribution >= 0.6 is 24.8 Å². The van der Waals surface area contributed by atoms with Gasteiger partial charge >= 0.3 is 0 Å². The Balaban J connectivity index is 0.00000156. The van der Waals surface area contributed by atoms with E-state index < -0.39 is 0 Å². The summed E-state index contributed by atoms with van der Waals surface area (Å²) in [6.45, 7) is 7.07. The molecule has 3 nitrogen and oxygen atoms in total. The van der Waals surface area contributed by atoms with Gasteiger partial charge in [-0.3, -0.25) is 4.90 Å². The lowest BCUT2D eigenvalue weighted by Gasteiger charge is -2.35. The van der Waals surface area contributed by atoms with Gasteiger partial charge in [0, 0.05) is 32.2 Å². The molecular formula is C20H28Cl2N2O. The van der Waals surface area contributed by atoms with E-state index in [1.54, 1.807) is 0 Å². The lowest BCUT2D eigenvalue weighted by molar-refractivity contribution is 0.171. The molecule has 1 aliphatic heterocycles. The average Bonchev–Trinajstić information content (AvgIpc) is 2.63. The molecular weight excluding hydrogens is 355 g/mol. The highest BCUT2D eigenvalue weighted by molar-refractivity contribution is 5.85. The van der Waals surface area contributed by atoms with Crippen LogP contribution in [0.15, 0.2) is 54.6 Å². The van der Waals surface area contributed by atoms with E-state index in [0.717, 1.165) is 38.3 Å². The zero-order valence-corrected chi connectivity index (χ0v) is 16.3. The lowest BCUT2D eigenvalue weighted by atomic mass is 9.96. The van der Waals surface area contributed by atoms with Crippen molar-refractivity contribution in [2.75, 3.05) is 32.8 Å². The minimum Gasteiger partial charge on any atom is -0.494 e. The third-order valence-corrected chi connectivity index (χ3v) is 4.46. The first kappa shape index (κ1) is 21.8. The van der Waals surface area contributed by atoms with E-state index in [1.807, 2.05) is 6.92 Å². The summed E-state index contributed by atoms with van der Waals surface area (Å²) in [6.07, 6.45) is 0.986. The van der Waals surface area contributed by atoms with Crippen LogP contribution in [0.5, 0.6) is 5.75 Å². The smallest absolute Gasteiger partial charge is 0.122 e. The predicted octanol–water partition coefficient (Wildman–Crippen LogP) is 4.12. The van der Waals surface area contributed by atoms with Crippen molar-refractivity contribution in [1.29, 1.82) is 0 Å². The predicted molar refractivity (Wildman–Crippen MR) is 109 cm³/mol. The highest BCUT2D eigenvalue weighted by Crippen LogP contribution is 2.29. The molecule has 0 saturated carbocycles. The van der Waals surface area contributed by atoms with Crippen LogP contribution in [-0.4, -0.2) is 37.7 Å². The van der Waals surface area contributed by atoms with Gasteiger partial charge in [-0.15, -0.1) is 24.8 Å². The van der Waals surface area contributed by atoms with Gasteiger partial charge in [-0.25, -0.2) is 0 Å². The van der Waals surface area contributed by atoms with Crippen molar-refractivity contribution in [2.45, 2.75) is 19.4 Å². The number of hydrogen-bond acceptors (Lipinski definition) is 3. The lowest BCUT2D eigenvalue weighted by Crippen LogP contribution is -2.45. The van der Waals surface area contributed by atoms with Gasteiger partial charge in [0.15, 0.2) is 0 Å². The molecule has 2 aromatic carbocycles. The topological polar surface area (TPSA) is 24.5 Å². The Labute approximate surface area is 163 Å². The molecule has 0 bridgehead atoms. The Morgan fingerprint density at radius 3 is 2.28 bits per heavy atom. The summed E-state index contributed by atoms with van der Waals surface area (Å²) in [5, 5.41) is 3.45. The van der Waals surface area contributed by atoms with E-state index in [-0.39, 0.29) is 24.8 Å². The molecule has 1 aliphatic rings. The molecule has 138 valence electrons. The quantitative estimate of drug-likeness (QED) is 0.812. The van der Waals surface area contributed by atoms with Crippen LogP contribution in [0.25, 0.3) is 0 Å². The van der Waals surface area contributed by atoms with Gasteiger partial charge in [0.05, 0.1) is 6.61 Å². The number of nitrogens with one attached hydrogen (secondary N) is 1. The van der Waals surface area contributed by atoms with Gasteiger partial charge in [-0.05, 0) is 30.5 Å². The molecule has 1 heterocycles. The monoisotopic (exact) mass is 382 g/mol. The van der Waals surface area contributed by atoms with Gasteiger partial charge in [0.2, 0.25) is 0 Å². The first-order chi connectivity index (χ1) is 11.4. The van der Waals surface area contributed by atoms with Gasteiger partial charge in [0.25, 0.3) is 0 Å². The van der Waals surface area contributed by atoms with Crippen LogP contribution in [0.2, 0.25) is 0 Å². The standard InChI is InChI=1S/C20H26N2O.2ClH/c1-2-23-20-11-7-6-10-18(20)16-19(17-8-4-3-5-9-17)22-14-12-21-13-15-22;;/h3-11,19,21H,2,12-16H2,1H3;2*1H. The van der Waals surface area contributed by atoms with Crippen LogP contribution in [0.1, 0.15) is 24.1 Å².